The minimum atomic E-state index is -1.03. The lowest BCUT2D eigenvalue weighted by Crippen LogP contribution is -2.33. The molecule has 206 valence electrons. The summed E-state index contributed by atoms with van der Waals surface area (Å²) in [5.41, 5.74) is 4.01. The minimum Gasteiger partial charge on any atom is -0.494 e. The summed E-state index contributed by atoms with van der Waals surface area (Å²) < 4.78 is 10.7. The molecule has 4 aromatic carbocycles. The Morgan fingerprint density at radius 2 is 1.39 bits per heavy atom. The molecule has 3 amide bonds. The number of hydrogen-bond acceptors (Lipinski definition) is 7. The maximum Gasteiger partial charge on any atom is 0.343 e. The third kappa shape index (κ3) is 8.11. The second-order valence-corrected chi connectivity index (χ2v) is 8.43. The number of esters is 1. The van der Waals surface area contributed by atoms with Crippen LogP contribution < -0.4 is 25.5 Å². The Morgan fingerprint density at radius 3 is 2.10 bits per heavy atom. The molecule has 0 aromatic heterocycles. The largest absolute Gasteiger partial charge is 0.494 e. The quantitative estimate of drug-likeness (QED) is 0.0913. The van der Waals surface area contributed by atoms with E-state index in [4.69, 9.17) is 9.47 Å². The minimum absolute atomic E-state index is 0.153. The van der Waals surface area contributed by atoms with Crippen LogP contribution in [-0.4, -0.2) is 36.5 Å². The molecule has 4 aromatic rings. The number of nitrogens with one attached hydrogen (secondary N) is 3. The van der Waals surface area contributed by atoms with E-state index in [1.165, 1.54) is 18.3 Å². The van der Waals surface area contributed by atoms with Gasteiger partial charge in [0, 0.05) is 5.69 Å². The molecular weight excluding hydrogens is 524 g/mol. The first-order chi connectivity index (χ1) is 19.9. The first kappa shape index (κ1) is 28.2. The highest BCUT2D eigenvalue weighted by Gasteiger charge is 2.18. The van der Waals surface area contributed by atoms with Crippen LogP contribution in [0.2, 0.25) is 0 Å². The van der Waals surface area contributed by atoms with Gasteiger partial charge in [-0.2, -0.15) is 5.10 Å². The summed E-state index contributed by atoms with van der Waals surface area (Å²) in [4.78, 5) is 49.7. The molecular formula is C31H26N4O6. The van der Waals surface area contributed by atoms with E-state index in [-0.39, 0.29) is 11.3 Å². The number of para-hydroxylation sites is 1. The topological polar surface area (TPSA) is 135 Å². The van der Waals surface area contributed by atoms with E-state index in [2.05, 4.69) is 21.2 Å². The Bertz CT molecular complexity index is 1550. The molecule has 0 heterocycles. The molecule has 3 N–H and O–H groups in total. The Balaban J connectivity index is 1.30. The fourth-order valence-corrected chi connectivity index (χ4v) is 3.55. The highest BCUT2D eigenvalue weighted by molar-refractivity contribution is 6.40. The van der Waals surface area contributed by atoms with Crippen molar-refractivity contribution in [2.75, 3.05) is 17.2 Å². The molecule has 0 bridgehead atoms. The summed E-state index contributed by atoms with van der Waals surface area (Å²) in [5, 5.41) is 8.98. The fourth-order valence-electron chi connectivity index (χ4n) is 3.55. The predicted octanol–water partition coefficient (Wildman–Crippen LogP) is 4.65. The lowest BCUT2D eigenvalue weighted by molar-refractivity contribution is -0.136. The van der Waals surface area contributed by atoms with Gasteiger partial charge in [0.2, 0.25) is 0 Å². The van der Waals surface area contributed by atoms with E-state index in [0.29, 0.717) is 34.9 Å². The van der Waals surface area contributed by atoms with E-state index >= 15 is 0 Å². The van der Waals surface area contributed by atoms with Gasteiger partial charge in [-0.1, -0.05) is 30.3 Å². The summed E-state index contributed by atoms with van der Waals surface area (Å²) in [6.45, 7) is 2.40. The van der Waals surface area contributed by atoms with Crippen LogP contribution in [-0.2, 0) is 9.59 Å². The highest BCUT2D eigenvalue weighted by Crippen LogP contribution is 2.20. The zero-order valence-corrected chi connectivity index (χ0v) is 22.0. The van der Waals surface area contributed by atoms with Crippen LogP contribution in [0.5, 0.6) is 11.5 Å². The zero-order chi connectivity index (χ0) is 29.0. The van der Waals surface area contributed by atoms with E-state index in [9.17, 15) is 19.2 Å². The molecule has 0 radical (unpaired) electrons. The second kappa shape index (κ2) is 13.9. The van der Waals surface area contributed by atoms with Crippen LogP contribution >= 0.6 is 0 Å². The monoisotopic (exact) mass is 550 g/mol. The molecule has 0 spiro atoms. The SMILES string of the molecule is CCOc1ccc(NC(=O)c2ccccc2NC(=O)C(=O)N/N=C\c2ccc(OC(=O)c3ccccc3)cc2)cc1. The Hall–Kier alpha value is -5.77. The van der Waals surface area contributed by atoms with Gasteiger partial charge in [-0.3, -0.25) is 14.4 Å². The number of benzene rings is 4. The predicted molar refractivity (Wildman–Crippen MR) is 154 cm³/mol. The molecule has 4 rings (SSSR count). The van der Waals surface area contributed by atoms with Crippen molar-refractivity contribution in [3.8, 4) is 11.5 Å². The Kier molecular flexibility index (Phi) is 9.54. The van der Waals surface area contributed by atoms with Crippen molar-refractivity contribution in [1.29, 1.82) is 0 Å². The fraction of sp³-hybridized carbons (Fsp3) is 0.0645. The summed E-state index contributed by atoms with van der Waals surface area (Å²) in [6, 6.07) is 28.1. The van der Waals surface area contributed by atoms with Gasteiger partial charge >= 0.3 is 17.8 Å². The highest BCUT2D eigenvalue weighted by atomic mass is 16.5. The maximum atomic E-state index is 12.8. The number of carbonyl (C=O) groups excluding carboxylic acids is 4. The van der Waals surface area contributed by atoms with Crippen LogP contribution in [0.15, 0.2) is 108 Å². The van der Waals surface area contributed by atoms with Crippen LogP contribution in [0.25, 0.3) is 0 Å². The van der Waals surface area contributed by atoms with E-state index < -0.39 is 23.7 Å². The molecule has 0 saturated carbocycles. The molecule has 10 nitrogen and oxygen atoms in total. The van der Waals surface area contributed by atoms with Crippen LogP contribution in [0, 0.1) is 0 Å². The standard InChI is InChI=1S/C31H26N4O6/c1-2-40-24-18-14-23(15-19-24)33-28(36)26-10-6-7-11-27(26)34-29(37)30(38)35-32-20-21-12-16-25(17-13-21)41-31(39)22-8-4-3-5-9-22/h3-20H,2H2,1H3,(H,33,36)(H,34,37)(H,35,38)/b32-20-. The van der Waals surface area contributed by atoms with Crippen LogP contribution in [0.3, 0.4) is 0 Å². The number of hydrogen-bond donors (Lipinski definition) is 3. The smallest absolute Gasteiger partial charge is 0.343 e. The Morgan fingerprint density at radius 1 is 0.732 bits per heavy atom. The van der Waals surface area contributed by atoms with Crippen molar-refractivity contribution < 1.29 is 28.7 Å². The van der Waals surface area contributed by atoms with Gasteiger partial charge in [-0.15, -0.1) is 0 Å². The van der Waals surface area contributed by atoms with E-state index in [0.717, 1.165) is 0 Å². The molecule has 0 saturated heterocycles. The van der Waals surface area contributed by atoms with Gasteiger partial charge < -0.3 is 20.1 Å². The molecule has 0 atom stereocenters. The summed E-state index contributed by atoms with van der Waals surface area (Å²) in [7, 11) is 0. The number of carbonyl (C=O) groups is 4. The normalized spacial score (nSPS) is 10.5. The lowest BCUT2D eigenvalue weighted by Gasteiger charge is -2.11. The molecule has 10 heteroatoms. The van der Waals surface area contributed by atoms with Crippen LogP contribution in [0.1, 0.15) is 33.2 Å². The summed E-state index contributed by atoms with van der Waals surface area (Å²) in [5.74, 6) is -1.98. The third-order valence-corrected chi connectivity index (χ3v) is 5.53. The molecule has 0 unspecified atom stereocenters. The average Bonchev–Trinajstić information content (AvgIpc) is 2.99. The van der Waals surface area contributed by atoms with Crippen molar-refractivity contribution in [3.63, 3.8) is 0 Å². The average molecular weight is 551 g/mol. The van der Waals surface area contributed by atoms with Crippen molar-refractivity contribution in [3.05, 3.63) is 120 Å². The number of anilines is 2. The molecule has 0 fully saturated rings. The molecule has 0 aliphatic carbocycles. The van der Waals surface area contributed by atoms with Gasteiger partial charge in [-0.05, 0) is 85.3 Å². The molecule has 0 aliphatic heterocycles. The van der Waals surface area contributed by atoms with Gasteiger partial charge in [0.05, 0.1) is 29.6 Å². The van der Waals surface area contributed by atoms with E-state index in [1.54, 1.807) is 91.0 Å². The summed E-state index contributed by atoms with van der Waals surface area (Å²) in [6.07, 6.45) is 1.33. The molecule has 41 heavy (non-hydrogen) atoms. The first-order valence-corrected chi connectivity index (χ1v) is 12.6. The number of nitrogens with zero attached hydrogens (tertiary/aromatic N) is 1. The van der Waals surface area contributed by atoms with Crippen LogP contribution in [0.4, 0.5) is 11.4 Å². The van der Waals surface area contributed by atoms with Crippen molar-refractivity contribution in [2.24, 2.45) is 5.10 Å². The molecule has 0 aliphatic rings. The zero-order valence-electron chi connectivity index (χ0n) is 22.0. The van der Waals surface area contributed by atoms with Crippen molar-refractivity contribution in [1.82, 2.24) is 5.43 Å². The van der Waals surface area contributed by atoms with Crippen molar-refractivity contribution in [2.45, 2.75) is 6.92 Å². The number of amides is 3. The first-order valence-electron chi connectivity index (χ1n) is 12.6. The number of hydrazone groups is 1. The Labute approximate surface area is 236 Å². The number of ether oxygens (including phenoxy) is 2. The van der Waals surface area contributed by atoms with E-state index in [1.807, 2.05) is 6.92 Å². The van der Waals surface area contributed by atoms with Gasteiger partial charge in [-0.25, -0.2) is 10.2 Å². The van der Waals surface area contributed by atoms with Crippen molar-refractivity contribution >= 4 is 41.3 Å². The van der Waals surface area contributed by atoms with Gasteiger partial charge in [0.25, 0.3) is 5.91 Å². The lowest BCUT2D eigenvalue weighted by atomic mass is 10.1. The van der Waals surface area contributed by atoms with Gasteiger partial charge in [0.15, 0.2) is 0 Å². The second-order valence-electron chi connectivity index (χ2n) is 8.43. The third-order valence-electron chi connectivity index (χ3n) is 5.53. The maximum absolute atomic E-state index is 12.8. The number of rotatable bonds is 9. The van der Waals surface area contributed by atoms with Gasteiger partial charge in [0.1, 0.15) is 11.5 Å². The summed E-state index contributed by atoms with van der Waals surface area (Å²) >= 11 is 0.